The maximum Gasteiger partial charge on any atom is 0.119 e. The molecule has 2 aromatic carbocycles. The zero-order valence-corrected chi connectivity index (χ0v) is 13.7. The van der Waals surface area contributed by atoms with Crippen LogP contribution in [-0.4, -0.2) is 7.11 Å². The first-order valence-electron chi connectivity index (χ1n) is 6.72. The van der Waals surface area contributed by atoms with Crippen molar-refractivity contribution in [2.45, 2.75) is 26.4 Å². The number of hydrogen-bond donors (Lipinski definition) is 1. The van der Waals surface area contributed by atoms with Gasteiger partial charge in [0.1, 0.15) is 5.75 Å². The highest BCUT2D eigenvalue weighted by atomic mass is 79.9. The Morgan fingerprint density at radius 2 is 2.00 bits per heavy atom. The Kier molecular flexibility index (Phi) is 5.21. The van der Waals surface area contributed by atoms with Crippen LogP contribution in [0.3, 0.4) is 0 Å². The quantitative estimate of drug-likeness (QED) is 0.862. The Hall–Kier alpha value is -1.32. The topological polar surface area (TPSA) is 21.3 Å². The molecule has 2 nitrogen and oxygen atoms in total. The van der Waals surface area contributed by atoms with E-state index in [4.69, 9.17) is 4.74 Å². The Morgan fingerprint density at radius 1 is 1.20 bits per heavy atom. The van der Waals surface area contributed by atoms with Gasteiger partial charge in [-0.05, 0) is 48.7 Å². The fourth-order valence-electron chi connectivity index (χ4n) is 2.09. The van der Waals surface area contributed by atoms with Crippen LogP contribution in [0.2, 0.25) is 0 Å². The SMILES string of the molecule is COc1cccc([C@H](C)NCc2ccc(C)cc2Br)c1. The van der Waals surface area contributed by atoms with Crippen molar-refractivity contribution < 1.29 is 4.74 Å². The van der Waals surface area contributed by atoms with Gasteiger partial charge >= 0.3 is 0 Å². The fourth-order valence-corrected chi connectivity index (χ4v) is 2.72. The minimum Gasteiger partial charge on any atom is -0.497 e. The maximum absolute atomic E-state index is 5.26. The zero-order chi connectivity index (χ0) is 14.5. The van der Waals surface area contributed by atoms with Crippen molar-refractivity contribution in [1.29, 1.82) is 0 Å². The molecule has 2 rings (SSSR count). The summed E-state index contributed by atoms with van der Waals surface area (Å²) in [4.78, 5) is 0. The van der Waals surface area contributed by atoms with E-state index in [1.807, 2.05) is 12.1 Å². The molecule has 0 spiro atoms. The number of methoxy groups -OCH3 is 1. The summed E-state index contributed by atoms with van der Waals surface area (Å²) in [5.74, 6) is 0.896. The first kappa shape index (κ1) is 15.1. The number of nitrogens with one attached hydrogen (secondary N) is 1. The van der Waals surface area contributed by atoms with Crippen LogP contribution in [-0.2, 0) is 6.54 Å². The largest absolute Gasteiger partial charge is 0.497 e. The van der Waals surface area contributed by atoms with Crippen LogP contribution in [0.1, 0.15) is 29.7 Å². The van der Waals surface area contributed by atoms with E-state index in [9.17, 15) is 0 Å². The summed E-state index contributed by atoms with van der Waals surface area (Å²) in [7, 11) is 1.70. The van der Waals surface area contributed by atoms with Crippen molar-refractivity contribution in [2.24, 2.45) is 0 Å². The van der Waals surface area contributed by atoms with Gasteiger partial charge in [0.25, 0.3) is 0 Å². The van der Waals surface area contributed by atoms with Gasteiger partial charge in [-0.1, -0.05) is 40.2 Å². The van der Waals surface area contributed by atoms with Crippen LogP contribution in [0.5, 0.6) is 5.75 Å². The van der Waals surface area contributed by atoms with Crippen molar-refractivity contribution in [1.82, 2.24) is 5.32 Å². The molecule has 0 aliphatic heterocycles. The summed E-state index contributed by atoms with van der Waals surface area (Å²) in [6.45, 7) is 5.09. The van der Waals surface area contributed by atoms with E-state index in [2.05, 4.69) is 65.4 Å². The van der Waals surface area contributed by atoms with E-state index in [0.29, 0.717) is 0 Å². The monoisotopic (exact) mass is 333 g/mol. The molecule has 0 bridgehead atoms. The van der Waals surface area contributed by atoms with Crippen LogP contribution < -0.4 is 10.1 Å². The van der Waals surface area contributed by atoms with Crippen LogP contribution in [0, 0.1) is 6.92 Å². The average Bonchev–Trinajstić information content (AvgIpc) is 2.46. The molecular formula is C17H20BrNO. The molecule has 0 heterocycles. The molecule has 0 amide bonds. The van der Waals surface area contributed by atoms with Crippen LogP contribution in [0.15, 0.2) is 46.9 Å². The second kappa shape index (κ2) is 6.91. The van der Waals surface area contributed by atoms with Gasteiger partial charge in [-0.2, -0.15) is 0 Å². The standard InChI is InChI=1S/C17H20BrNO/c1-12-7-8-15(17(18)9-12)11-19-13(2)14-5-4-6-16(10-14)20-3/h4-10,13,19H,11H2,1-3H3/t13-/m0/s1. The Balaban J connectivity index is 2.02. The van der Waals surface area contributed by atoms with E-state index in [1.165, 1.54) is 16.7 Å². The summed E-state index contributed by atoms with van der Waals surface area (Å²) in [6, 6.07) is 14.9. The van der Waals surface area contributed by atoms with E-state index < -0.39 is 0 Å². The van der Waals surface area contributed by atoms with Crippen molar-refractivity contribution in [2.75, 3.05) is 7.11 Å². The Bertz CT molecular complexity index is 583. The highest BCUT2D eigenvalue weighted by Crippen LogP contribution is 2.21. The van der Waals surface area contributed by atoms with Crippen LogP contribution in [0.4, 0.5) is 0 Å². The molecule has 0 unspecified atom stereocenters. The van der Waals surface area contributed by atoms with Gasteiger partial charge in [-0.25, -0.2) is 0 Å². The first-order chi connectivity index (χ1) is 9.60. The van der Waals surface area contributed by atoms with Crippen molar-refractivity contribution in [3.05, 3.63) is 63.6 Å². The average molecular weight is 334 g/mol. The number of aryl methyl sites for hydroxylation is 1. The Morgan fingerprint density at radius 3 is 2.70 bits per heavy atom. The van der Waals surface area contributed by atoms with Gasteiger partial charge in [0.05, 0.1) is 7.11 Å². The molecule has 0 radical (unpaired) electrons. The highest BCUT2D eigenvalue weighted by molar-refractivity contribution is 9.10. The zero-order valence-electron chi connectivity index (χ0n) is 12.1. The van der Waals surface area contributed by atoms with E-state index in [1.54, 1.807) is 7.11 Å². The van der Waals surface area contributed by atoms with E-state index >= 15 is 0 Å². The van der Waals surface area contributed by atoms with Gasteiger partial charge < -0.3 is 10.1 Å². The van der Waals surface area contributed by atoms with E-state index in [-0.39, 0.29) is 6.04 Å². The third-order valence-corrected chi connectivity index (χ3v) is 4.14. The van der Waals surface area contributed by atoms with Gasteiger partial charge in [0.2, 0.25) is 0 Å². The predicted octanol–water partition coefficient (Wildman–Crippen LogP) is 4.62. The van der Waals surface area contributed by atoms with Crippen molar-refractivity contribution >= 4 is 15.9 Å². The number of ether oxygens (including phenoxy) is 1. The van der Waals surface area contributed by atoms with Gasteiger partial charge in [0, 0.05) is 17.1 Å². The number of halogens is 1. The van der Waals surface area contributed by atoms with Crippen LogP contribution in [0.25, 0.3) is 0 Å². The summed E-state index contributed by atoms with van der Waals surface area (Å²) < 4.78 is 6.42. The smallest absolute Gasteiger partial charge is 0.119 e. The maximum atomic E-state index is 5.26. The molecule has 0 aliphatic rings. The molecule has 1 atom stereocenters. The molecule has 20 heavy (non-hydrogen) atoms. The number of benzene rings is 2. The second-order valence-electron chi connectivity index (χ2n) is 4.97. The lowest BCUT2D eigenvalue weighted by atomic mass is 10.1. The van der Waals surface area contributed by atoms with Gasteiger partial charge in [0.15, 0.2) is 0 Å². The summed E-state index contributed by atoms with van der Waals surface area (Å²) in [6.07, 6.45) is 0. The van der Waals surface area contributed by atoms with Crippen molar-refractivity contribution in [3.8, 4) is 5.75 Å². The molecule has 1 N–H and O–H groups in total. The molecule has 0 fully saturated rings. The minimum absolute atomic E-state index is 0.276. The fraction of sp³-hybridized carbons (Fsp3) is 0.294. The molecule has 106 valence electrons. The predicted molar refractivity (Wildman–Crippen MR) is 87.1 cm³/mol. The summed E-state index contributed by atoms with van der Waals surface area (Å²) in [5, 5.41) is 3.54. The number of rotatable bonds is 5. The third-order valence-electron chi connectivity index (χ3n) is 3.40. The normalized spacial score (nSPS) is 12.2. The lowest BCUT2D eigenvalue weighted by Gasteiger charge is -2.16. The molecule has 2 aromatic rings. The highest BCUT2D eigenvalue weighted by Gasteiger charge is 2.07. The molecule has 0 aliphatic carbocycles. The molecule has 0 aromatic heterocycles. The lowest BCUT2D eigenvalue weighted by Crippen LogP contribution is -2.18. The van der Waals surface area contributed by atoms with Gasteiger partial charge in [-0.15, -0.1) is 0 Å². The lowest BCUT2D eigenvalue weighted by molar-refractivity contribution is 0.413. The summed E-state index contributed by atoms with van der Waals surface area (Å²) >= 11 is 3.62. The molecule has 0 saturated heterocycles. The van der Waals surface area contributed by atoms with Crippen molar-refractivity contribution in [3.63, 3.8) is 0 Å². The van der Waals surface area contributed by atoms with Gasteiger partial charge in [-0.3, -0.25) is 0 Å². The van der Waals surface area contributed by atoms with E-state index in [0.717, 1.165) is 16.8 Å². The molecular weight excluding hydrogens is 314 g/mol. The first-order valence-corrected chi connectivity index (χ1v) is 7.52. The Labute approximate surface area is 129 Å². The summed E-state index contributed by atoms with van der Waals surface area (Å²) in [5.41, 5.74) is 3.76. The second-order valence-corrected chi connectivity index (χ2v) is 5.83. The third kappa shape index (κ3) is 3.84. The molecule has 3 heteroatoms. The van der Waals surface area contributed by atoms with Crippen LogP contribution >= 0.6 is 15.9 Å². The number of hydrogen-bond acceptors (Lipinski definition) is 2. The molecule has 0 saturated carbocycles. The minimum atomic E-state index is 0.276.